The number of hydrogen-bond donors (Lipinski definition) is 2. The molecule has 10 heteroatoms. The first-order chi connectivity index (χ1) is 15.7. The molecule has 3 N–H and O–H groups in total. The van der Waals surface area contributed by atoms with E-state index in [1.54, 1.807) is 21.7 Å². The van der Waals surface area contributed by atoms with E-state index in [0.29, 0.717) is 52.6 Å². The molecule has 1 amide bonds. The van der Waals surface area contributed by atoms with Gasteiger partial charge in [-0.1, -0.05) is 17.7 Å². The lowest BCUT2D eigenvalue weighted by Crippen LogP contribution is -2.38. The fraction of sp³-hybridized carbons (Fsp3) is 0.304. The van der Waals surface area contributed by atoms with Gasteiger partial charge in [0.15, 0.2) is 5.65 Å². The van der Waals surface area contributed by atoms with E-state index < -0.39 is 0 Å². The summed E-state index contributed by atoms with van der Waals surface area (Å²) in [5.41, 5.74) is 12.3. The number of anilines is 1. The predicted molar refractivity (Wildman–Crippen MR) is 126 cm³/mol. The third-order valence-corrected chi connectivity index (χ3v) is 6.70. The van der Waals surface area contributed by atoms with Gasteiger partial charge < -0.3 is 15.7 Å². The number of aryl methyl sites for hydroxylation is 3. The predicted octanol–water partition coefficient (Wildman–Crippen LogP) is 3.45. The molecule has 0 atom stereocenters. The summed E-state index contributed by atoms with van der Waals surface area (Å²) in [7, 11) is 0. The van der Waals surface area contributed by atoms with Crippen LogP contribution in [0.1, 0.15) is 38.6 Å². The molecule has 9 nitrogen and oxygen atoms in total. The molecule has 0 unspecified atom stereocenters. The van der Waals surface area contributed by atoms with Crippen molar-refractivity contribution in [1.29, 1.82) is 0 Å². The molecule has 0 saturated carbocycles. The number of carbonyl (C=O) groups is 1. The monoisotopic (exact) mass is 465 g/mol. The summed E-state index contributed by atoms with van der Waals surface area (Å²) < 4.78 is 3.54. The minimum Gasteiger partial charge on any atom is -0.508 e. The van der Waals surface area contributed by atoms with Gasteiger partial charge in [-0.3, -0.25) is 14.0 Å². The Labute approximate surface area is 195 Å². The minimum absolute atomic E-state index is 0.139. The number of amides is 1. The molecule has 4 aromatic rings. The van der Waals surface area contributed by atoms with E-state index in [0.717, 1.165) is 22.6 Å². The fourth-order valence-electron chi connectivity index (χ4n) is 4.41. The van der Waals surface area contributed by atoms with Crippen LogP contribution in [0.3, 0.4) is 0 Å². The Hall–Kier alpha value is -3.59. The number of phenolic OH excluding ortho intramolecular Hbond substituents is 1. The average Bonchev–Trinajstić information content (AvgIpc) is 3.28. The van der Waals surface area contributed by atoms with Gasteiger partial charge in [0.2, 0.25) is 0 Å². The van der Waals surface area contributed by atoms with Gasteiger partial charge in [-0.15, -0.1) is 0 Å². The summed E-state index contributed by atoms with van der Waals surface area (Å²) in [6.45, 7) is 8.80. The van der Waals surface area contributed by atoms with Crippen molar-refractivity contribution in [1.82, 2.24) is 29.2 Å². The first-order valence-corrected chi connectivity index (χ1v) is 11.0. The highest BCUT2D eigenvalue weighted by molar-refractivity contribution is 6.31. The largest absolute Gasteiger partial charge is 0.508 e. The quantitative estimate of drug-likeness (QED) is 0.468. The van der Waals surface area contributed by atoms with E-state index in [1.807, 2.05) is 38.4 Å². The molecule has 4 heterocycles. The van der Waals surface area contributed by atoms with E-state index in [2.05, 4.69) is 5.10 Å². The summed E-state index contributed by atoms with van der Waals surface area (Å²) in [5.74, 6) is 0.134. The number of carbonyl (C=O) groups excluding carboxylic acids is 1. The van der Waals surface area contributed by atoms with Crippen LogP contribution in [0.15, 0.2) is 18.3 Å². The van der Waals surface area contributed by atoms with Gasteiger partial charge in [-0.2, -0.15) is 5.10 Å². The van der Waals surface area contributed by atoms with Crippen molar-refractivity contribution in [3.05, 3.63) is 57.1 Å². The van der Waals surface area contributed by atoms with Gasteiger partial charge >= 0.3 is 0 Å². The number of aromatic hydroxyl groups is 1. The minimum atomic E-state index is -0.243. The first kappa shape index (κ1) is 21.3. The summed E-state index contributed by atoms with van der Waals surface area (Å²) in [6, 6.07) is 3.45. The zero-order valence-corrected chi connectivity index (χ0v) is 19.6. The molecule has 0 spiro atoms. The molecule has 0 fully saturated rings. The Morgan fingerprint density at radius 3 is 2.61 bits per heavy atom. The maximum atomic E-state index is 13.8. The highest BCUT2D eigenvalue weighted by atomic mass is 35.5. The normalized spacial score (nSPS) is 13.5. The van der Waals surface area contributed by atoms with Crippen molar-refractivity contribution in [2.45, 2.75) is 40.8 Å². The van der Waals surface area contributed by atoms with Gasteiger partial charge in [0.05, 0.1) is 47.1 Å². The van der Waals surface area contributed by atoms with E-state index in [4.69, 9.17) is 27.3 Å². The molecule has 1 aromatic carbocycles. The van der Waals surface area contributed by atoms with Crippen molar-refractivity contribution in [3.63, 3.8) is 0 Å². The van der Waals surface area contributed by atoms with Crippen molar-refractivity contribution >= 4 is 34.5 Å². The van der Waals surface area contributed by atoms with Crippen LogP contribution >= 0.6 is 11.6 Å². The number of phenols is 1. The SMILES string of the molecule is Cc1ccc(O)c(C)c1-n1c(N)c(C(=O)N2CCn3ncc(Cl)c3C2)c2nc(C)c(C)nc21. The Balaban J connectivity index is 1.74. The van der Waals surface area contributed by atoms with E-state index >= 15 is 0 Å². The van der Waals surface area contributed by atoms with Gasteiger partial charge in [0.1, 0.15) is 22.6 Å². The fourth-order valence-corrected chi connectivity index (χ4v) is 4.61. The highest BCUT2D eigenvalue weighted by Gasteiger charge is 2.31. The van der Waals surface area contributed by atoms with Crippen molar-refractivity contribution in [3.8, 4) is 11.4 Å². The standard InChI is InChI=1S/C23H24ClN7O2/c1-11-5-6-17(32)12(2)20(11)31-21(25)18(19-22(31)28-14(4)13(3)27-19)23(33)29-7-8-30-16(10-29)15(24)9-26-30/h5-6,9,32H,7-8,10,25H2,1-4H3. The Morgan fingerprint density at radius 2 is 1.85 bits per heavy atom. The molecule has 0 radical (unpaired) electrons. The number of nitrogen functional groups attached to an aromatic ring is 1. The number of fused-ring (bicyclic) bond motifs is 2. The topological polar surface area (TPSA) is 115 Å². The summed E-state index contributed by atoms with van der Waals surface area (Å²) in [5, 5.41) is 15.2. The third kappa shape index (κ3) is 3.14. The van der Waals surface area contributed by atoms with Crippen LogP contribution in [0.2, 0.25) is 5.02 Å². The second-order valence-electron chi connectivity index (χ2n) is 8.43. The smallest absolute Gasteiger partial charge is 0.260 e. The van der Waals surface area contributed by atoms with Crippen LogP contribution in [0.5, 0.6) is 5.75 Å². The Morgan fingerprint density at radius 1 is 1.12 bits per heavy atom. The Kier molecular flexibility index (Phi) is 4.82. The van der Waals surface area contributed by atoms with Gasteiger partial charge in [0.25, 0.3) is 5.91 Å². The molecular weight excluding hydrogens is 442 g/mol. The average molecular weight is 466 g/mol. The molecule has 170 valence electrons. The Bertz CT molecular complexity index is 1450. The summed E-state index contributed by atoms with van der Waals surface area (Å²) in [4.78, 5) is 25.0. The third-order valence-electron chi connectivity index (χ3n) is 6.38. The second kappa shape index (κ2) is 7.48. The maximum Gasteiger partial charge on any atom is 0.260 e. The van der Waals surface area contributed by atoms with Crippen LogP contribution in [0.4, 0.5) is 5.82 Å². The zero-order chi connectivity index (χ0) is 23.6. The van der Waals surface area contributed by atoms with Crippen LogP contribution in [0.25, 0.3) is 16.9 Å². The second-order valence-corrected chi connectivity index (χ2v) is 8.83. The zero-order valence-electron chi connectivity index (χ0n) is 18.8. The number of hydrogen-bond acceptors (Lipinski definition) is 6. The molecule has 1 aliphatic rings. The number of nitrogens with two attached hydrogens (primary N) is 1. The summed E-state index contributed by atoms with van der Waals surface area (Å²) in [6.07, 6.45) is 1.59. The van der Waals surface area contributed by atoms with E-state index in [1.165, 1.54) is 0 Å². The van der Waals surface area contributed by atoms with Crippen LogP contribution in [-0.4, -0.2) is 46.8 Å². The molecule has 0 bridgehead atoms. The lowest BCUT2D eigenvalue weighted by Gasteiger charge is -2.28. The number of benzene rings is 1. The van der Waals surface area contributed by atoms with Gasteiger partial charge in [0, 0.05) is 12.1 Å². The maximum absolute atomic E-state index is 13.8. The lowest BCUT2D eigenvalue weighted by molar-refractivity contribution is 0.0709. The summed E-state index contributed by atoms with van der Waals surface area (Å²) >= 11 is 6.28. The molecule has 3 aromatic heterocycles. The van der Waals surface area contributed by atoms with Gasteiger partial charge in [-0.05, 0) is 39.3 Å². The van der Waals surface area contributed by atoms with E-state index in [9.17, 15) is 9.90 Å². The van der Waals surface area contributed by atoms with E-state index in [-0.39, 0.29) is 17.5 Å². The number of nitrogens with zero attached hydrogens (tertiary/aromatic N) is 6. The molecule has 0 aliphatic carbocycles. The van der Waals surface area contributed by atoms with Crippen LogP contribution in [-0.2, 0) is 13.1 Å². The number of aromatic nitrogens is 5. The molecule has 0 saturated heterocycles. The van der Waals surface area contributed by atoms with Crippen LogP contribution in [0, 0.1) is 27.7 Å². The van der Waals surface area contributed by atoms with Crippen LogP contribution < -0.4 is 5.73 Å². The molecule has 33 heavy (non-hydrogen) atoms. The number of halogens is 1. The number of rotatable bonds is 2. The van der Waals surface area contributed by atoms with Crippen molar-refractivity contribution < 1.29 is 9.90 Å². The molecule has 1 aliphatic heterocycles. The molecule has 5 rings (SSSR count). The lowest BCUT2D eigenvalue weighted by atomic mass is 10.1. The van der Waals surface area contributed by atoms with Gasteiger partial charge in [-0.25, -0.2) is 9.97 Å². The molecular formula is C23H24ClN7O2. The van der Waals surface area contributed by atoms with Crippen molar-refractivity contribution in [2.75, 3.05) is 12.3 Å². The highest BCUT2D eigenvalue weighted by Crippen LogP contribution is 2.36. The first-order valence-electron chi connectivity index (χ1n) is 10.6. The van der Waals surface area contributed by atoms with Crippen molar-refractivity contribution in [2.24, 2.45) is 0 Å².